The molecule has 0 atom stereocenters. The summed E-state index contributed by atoms with van der Waals surface area (Å²) in [5.41, 5.74) is 0. The van der Waals surface area contributed by atoms with Crippen LogP contribution in [0.1, 0.15) is 13.3 Å². The Hall–Kier alpha value is -0.210. The quantitative estimate of drug-likeness (QED) is 0.304. The first kappa shape index (κ1) is 17.8. The van der Waals surface area contributed by atoms with Crippen LogP contribution >= 0.6 is 0 Å². The van der Waals surface area contributed by atoms with Gasteiger partial charge in [-0.3, -0.25) is 0 Å². The van der Waals surface area contributed by atoms with E-state index in [4.69, 9.17) is 9.47 Å². The van der Waals surface area contributed by atoms with E-state index >= 15 is 0 Å². The van der Waals surface area contributed by atoms with Crippen LogP contribution in [0.3, 0.4) is 0 Å². The van der Waals surface area contributed by atoms with Gasteiger partial charge in [-0.1, -0.05) is 0 Å². The van der Waals surface area contributed by atoms with Crippen LogP contribution < -0.4 is 0 Å². The van der Waals surface area contributed by atoms with Gasteiger partial charge in [-0.2, -0.15) is 0 Å². The van der Waals surface area contributed by atoms with Crippen molar-refractivity contribution in [3.63, 3.8) is 0 Å². The summed E-state index contributed by atoms with van der Waals surface area (Å²) in [5, 5.41) is 0. The Balaban J connectivity index is 3.61. The van der Waals surface area contributed by atoms with E-state index in [2.05, 4.69) is 0 Å². The molecule has 7 heteroatoms. The highest BCUT2D eigenvalue weighted by Crippen LogP contribution is 2.01. The smallest absolute Gasteiger partial charge is 0.102 e. The highest BCUT2D eigenvalue weighted by molar-refractivity contribution is 7.85. The molecular weight excluding hydrogens is 258 g/mol. The minimum atomic E-state index is -4.09. The largest absolute Gasteiger partial charge is 0.748 e. The summed E-state index contributed by atoms with van der Waals surface area (Å²) < 4.78 is 42.6. The molecule has 0 aliphatic carbocycles. The van der Waals surface area contributed by atoms with Gasteiger partial charge in [0.05, 0.1) is 50.6 Å². The molecular formula is C11H25NO5S. The second-order valence-electron chi connectivity index (χ2n) is 4.81. The van der Waals surface area contributed by atoms with Gasteiger partial charge in [-0.25, -0.2) is 8.42 Å². The van der Waals surface area contributed by atoms with Crippen molar-refractivity contribution in [1.29, 1.82) is 0 Å². The third-order valence-corrected chi connectivity index (χ3v) is 3.36. The summed E-state index contributed by atoms with van der Waals surface area (Å²) >= 11 is 0. The van der Waals surface area contributed by atoms with Gasteiger partial charge in [-0.15, -0.1) is 0 Å². The van der Waals surface area contributed by atoms with Crippen molar-refractivity contribution in [3.05, 3.63) is 0 Å². The second-order valence-corrected chi connectivity index (χ2v) is 6.33. The minimum Gasteiger partial charge on any atom is -0.748 e. The molecule has 0 amide bonds. The Morgan fingerprint density at radius 1 is 1.06 bits per heavy atom. The molecule has 0 aromatic carbocycles. The van der Waals surface area contributed by atoms with Crippen LogP contribution in [-0.4, -0.2) is 76.8 Å². The van der Waals surface area contributed by atoms with Gasteiger partial charge >= 0.3 is 0 Å². The van der Waals surface area contributed by atoms with Gasteiger partial charge in [0.25, 0.3) is 0 Å². The normalized spacial score (nSPS) is 12.9. The average molecular weight is 283 g/mol. The molecule has 0 unspecified atom stereocenters. The fraction of sp³-hybridized carbons (Fsp3) is 1.00. The molecule has 18 heavy (non-hydrogen) atoms. The fourth-order valence-corrected chi connectivity index (χ4v) is 1.94. The number of nitrogens with zero attached hydrogens (tertiary/aromatic N) is 1. The van der Waals surface area contributed by atoms with Crippen molar-refractivity contribution < 1.29 is 26.9 Å². The first-order valence-electron chi connectivity index (χ1n) is 6.18. The molecule has 110 valence electrons. The number of hydrogen-bond acceptors (Lipinski definition) is 5. The van der Waals surface area contributed by atoms with E-state index < -0.39 is 10.1 Å². The van der Waals surface area contributed by atoms with E-state index in [-0.39, 0.29) is 5.75 Å². The zero-order valence-corrected chi connectivity index (χ0v) is 12.4. The number of likely N-dealkylation sites (N-methyl/N-ethyl adjacent to an activating group) is 1. The van der Waals surface area contributed by atoms with Crippen molar-refractivity contribution in [2.24, 2.45) is 0 Å². The number of quaternary nitrogens is 1. The third kappa shape index (κ3) is 12.3. The number of hydrogen-bond donors (Lipinski definition) is 0. The zero-order valence-electron chi connectivity index (χ0n) is 11.6. The lowest BCUT2D eigenvalue weighted by Gasteiger charge is -2.29. The summed E-state index contributed by atoms with van der Waals surface area (Å²) in [6.45, 7) is 5.82. The predicted octanol–water partition coefficient (Wildman–Crippen LogP) is 0.0512. The molecule has 0 saturated heterocycles. The van der Waals surface area contributed by atoms with Crippen molar-refractivity contribution >= 4 is 10.1 Å². The molecule has 0 N–H and O–H groups in total. The van der Waals surface area contributed by atoms with E-state index in [9.17, 15) is 13.0 Å². The van der Waals surface area contributed by atoms with E-state index in [1.807, 2.05) is 21.0 Å². The molecule has 0 radical (unpaired) electrons. The van der Waals surface area contributed by atoms with Crippen LogP contribution in [0.15, 0.2) is 0 Å². The first-order valence-corrected chi connectivity index (χ1v) is 7.75. The Morgan fingerprint density at radius 2 is 1.67 bits per heavy atom. The van der Waals surface area contributed by atoms with Gasteiger partial charge in [-0.05, 0) is 6.92 Å². The maximum Gasteiger partial charge on any atom is 0.102 e. The molecule has 0 spiro atoms. The van der Waals surface area contributed by atoms with Gasteiger partial charge < -0.3 is 18.5 Å². The number of ether oxygens (including phenoxy) is 2. The molecule has 0 aliphatic rings. The maximum atomic E-state index is 10.5. The monoisotopic (exact) mass is 283 g/mol. The Labute approximate surface area is 110 Å². The van der Waals surface area contributed by atoms with Crippen molar-refractivity contribution in [2.75, 3.05) is 59.4 Å². The summed E-state index contributed by atoms with van der Waals surface area (Å²) in [7, 11) is -0.111. The standard InChI is InChI=1S/C11H25NO5S/c1-4-16-9-10-17-8-7-12(2,3)6-5-11-18(13,14)15/h4-11H2,1-3H3. The Bertz CT molecular complexity index is 303. The number of rotatable bonds is 11. The molecule has 0 aromatic rings. The molecule has 0 fully saturated rings. The topological polar surface area (TPSA) is 75.7 Å². The maximum absolute atomic E-state index is 10.5. The van der Waals surface area contributed by atoms with Crippen LogP contribution in [0.4, 0.5) is 0 Å². The third-order valence-electron chi connectivity index (χ3n) is 2.57. The summed E-state index contributed by atoms with van der Waals surface area (Å²) in [5.74, 6) is -0.292. The summed E-state index contributed by atoms with van der Waals surface area (Å²) in [6.07, 6.45) is 0.387. The van der Waals surface area contributed by atoms with Crippen LogP contribution in [0.2, 0.25) is 0 Å². The van der Waals surface area contributed by atoms with Gasteiger partial charge in [0.1, 0.15) is 6.54 Å². The lowest BCUT2D eigenvalue weighted by atomic mass is 10.4. The predicted molar refractivity (Wildman–Crippen MR) is 68.3 cm³/mol. The molecule has 0 aromatic heterocycles. The van der Waals surface area contributed by atoms with E-state index in [0.717, 1.165) is 6.54 Å². The van der Waals surface area contributed by atoms with Crippen molar-refractivity contribution in [2.45, 2.75) is 13.3 Å². The fourth-order valence-electron chi connectivity index (χ4n) is 1.46. The van der Waals surface area contributed by atoms with Crippen LogP contribution in [-0.2, 0) is 19.6 Å². The molecule has 0 aliphatic heterocycles. The van der Waals surface area contributed by atoms with Crippen LogP contribution in [0, 0.1) is 0 Å². The van der Waals surface area contributed by atoms with E-state index in [1.165, 1.54) is 0 Å². The SMILES string of the molecule is CCOCCOCC[N+](C)(C)CCCS(=O)(=O)[O-]. The van der Waals surface area contributed by atoms with Crippen molar-refractivity contribution in [3.8, 4) is 0 Å². The molecule has 0 rings (SSSR count). The Morgan fingerprint density at radius 3 is 2.22 bits per heavy atom. The van der Waals surface area contributed by atoms with Crippen molar-refractivity contribution in [1.82, 2.24) is 0 Å². The van der Waals surface area contributed by atoms with E-state index in [1.54, 1.807) is 0 Å². The second kappa shape index (κ2) is 8.82. The van der Waals surface area contributed by atoms with Gasteiger partial charge in [0, 0.05) is 18.8 Å². The highest BCUT2D eigenvalue weighted by atomic mass is 32.2. The zero-order chi connectivity index (χ0) is 14.1. The summed E-state index contributed by atoms with van der Waals surface area (Å²) in [4.78, 5) is 0. The van der Waals surface area contributed by atoms with Gasteiger partial charge in [0.15, 0.2) is 0 Å². The average Bonchev–Trinajstić information content (AvgIpc) is 2.21. The Kier molecular flexibility index (Phi) is 8.71. The lowest BCUT2D eigenvalue weighted by Crippen LogP contribution is -2.43. The van der Waals surface area contributed by atoms with Gasteiger partial charge in [0.2, 0.25) is 0 Å². The molecule has 6 nitrogen and oxygen atoms in total. The summed E-state index contributed by atoms with van der Waals surface area (Å²) in [6, 6.07) is 0. The minimum absolute atomic E-state index is 0.292. The van der Waals surface area contributed by atoms with E-state index in [0.29, 0.717) is 43.9 Å². The highest BCUT2D eigenvalue weighted by Gasteiger charge is 2.14. The van der Waals surface area contributed by atoms with Crippen LogP contribution in [0.25, 0.3) is 0 Å². The molecule has 0 bridgehead atoms. The van der Waals surface area contributed by atoms with Crippen LogP contribution in [0.5, 0.6) is 0 Å². The first-order chi connectivity index (χ1) is 8.27. The molecule has 0 saturated carbocycles. The molecule has 0 heterocycles. The lowest BCUT2D eigenvalue weighted by molar-refractivity contribution is -0.890.